The quantitative estimate of drug-likeness (QED) is 0.455. The van der Waals surface area contributed by atoms with Gasteiger partial charge in [0.05, 0.1) is 17.6 Å². The van der Waals surface area contributed by atoms with Crippen molar-refractivity contribution in [1.82, 2.24) is 14.5 Å². The largest absolute Gasteiger partial charge is 0.383 e. The number of amides is 1. The Balaban J connectivity index is 1.90. The van der Waals surface area contributed by atoms with Crippen LogP contribution in [0.3, 0.4) is 0 Å². The number of nitrogen functional groups attached to an aromatic ring is 1. The van der Waals surface area contributed by atoms with Gasteiger partial charge in [-0.25, -0.2) is 4.79 Å². The van der Waals surface area contributed by atoms with Gasteiger partial charge in [0.2, 0.25) is 0 Å². The molecule has 168 valence electrons. The van der Waals surface area contributed by atoms with Crippen LogP contribution in [-0.2, 0) is 13.1 Å². The van der Waals surface area contributed by atoms with Crippen molar-refractivity contribution in [3.05, 3.63) is 98.8 Å². The van der Waals surface area contributed by atoms with Crippen molar-refractivity contribution >= 4 is 28.3 Å². The van der Waals surface area contributed by atoms with Crippen LogP contribution in [-0.4, -0.2) is 20.4 Å². The smallest absolute Gasteiger partial charge is 0.330 e. The first-order valence-electron chi connectivity index (χ1n) is 10.8. The molecule has 0 radical (unpaired) electrons. The number of rotatable bonds is 7. The molecule has 2 heterocycles. The predicted octanol–water partition coefficient (Wildman–Crippen LogP) is 3.31. The van der Waals surface area contributed by atoms with Crippen LogP contribution in [0.2, 0.25) is 0 Å². The van der Waals surface area contributed by atoms with E-state index in [1.807, 2.05) is 61.5 Å². The normalized spacial score (nSPS) is 10.9. The summed E-state index contributed by atoms with van der Waals surface area (Å²) in [6.45, 7) is 2.44. The van der Waals surface area contributed by atoms with Crippen LogP contribution >= 0.6 is 0 Å². The van der Waals surface area contributed by atoms with Crippen LogP contribution in [0.1, 0.15) is 35.7 Å². The predicted molar refractivity (Wildman–Crippen MR) is 129 cm³/mol. The van der Waals surface area contributed by atoms with E-state index in [1.165, 1.54) is 9.47 Å². The van der Waals surface area contributed by atoms with E-state index in [-0.39, 0.29) is 18.1 Å². The topological polar surface area (TPSA) is 114 Å². The number of nitrogens with two attached hydrogens (primary N) is 1. The Morgan fingerprint density at radius 1 is 1.06 bits per heavy atom. The summed E-state index contributed by atoms with van der Waals surface area (Å²) in [5.74, 6) is -0.435. The van der Waals surface area contributed by atoms with Crippen LogP contribution in [0.5, 0.6) is 0 Å². The number of pyridine rings is 1. The fourth-order valence-electron chi connectivity index (χ4n) is 3.82. The van der Waals surface area contributed by atoms with Crippen molar-refractivity contribution in [2.24, 2.45) is 0 Å². The summed E-state index contributed by atoms with van der Waals surface area (Å²) in [5.41, 5.74) is 6.89. The number of unbranched alkanes of at least 4 members (excludes halogenated alkanes) is 1. The average molecular weight is 444 g/mol. The van der Waals surface area contributed by atoms with Gasteiger partial charge in [-0.15, -0.1) is 0 Å². The van der Waals surface area contributed by atoms with E-state index in [0.717, 1.165) is 12.0 Å². The summed E-state index contributed by atoms with van der Waals surface area (Å²) in [4.78, 5) is 47.3. The molecule has 1 amide bonds. The Bertz CT molecular complexity index is 1400. The van der Waals surface area contributed by atoms with E-state index < -0.39 is 17.2 Å². The number of benzene rings is 2. The second-order valence-corrected chi connectivity index (χ2v) is 7.75. The molecule has 0 saturated heterocycles. The van der Waals surface area contributed by atoms with E-state index in [9.17, 15) is 14.4 Å². The Labute approximate surface area is 190 Å². The number of nitrogens with zero attached hydrogens (tertiary/aromatic N) is 3. The van der Waals surface area contributed by atoms with Gasteiger partial charge < -0.3 is 5.73 Å². The number of para-hydroxylation sites is 1. The van der Waals surface area contributed by atoms with Crippen LogP contribution < -0.4 is 21.9 Å². The lowest BCUT2D eigenvalue weighted by Gasteiger charge is -2.25. The lowest BCUT2D eigenvalue weighted by molar-refractivity contribution is 0.0986. The molecule has 2 aromatic heterocycles. The average Bonchev–Trinajstić information content (AvgIpc) is 2.83. The second kappa shape index (κ2) is 9.52. The Kier molecular flexibility index (Phi) is 6.35. The number of hydrogen-bond donors (Lipinski definition) is 2. The third kappa shape index (κ3) is 4.41. The number of fused-ring (bicyclic) bond motifs is 1. The highest BCUT2D eigenvalue weighted by Crippen LogP contribution is 2.25. The third-order valence-corrected chi connectivity index (χ3v) is 5.53. The van der Waals surface area contributed by atoms with Crippen molar-refractivity contribution in [2.75, 3.05) is 10.6 Å². The zero-order valence-corrected chi connectivity index (χ0v) is 18.3. The summed E-state index contributed by atoms with van der Waals surface area (Å²) in [6, 6.07) is 18.2. The third-order valence-electron chi connectivity index (χ3n) is 5.53. The standard InChI is InChI=1S/C25H25N5O3/c1-2-3-15-29-22(26)21(23(31)28-25(29)33)30(16-17-9-5-4-6-10-17)24(32)19-13-14-27-20-12-8-7-11-18(19)20/h4-14H,2-3,15-16,26H2,1H3,(H,28,31,33). The minimum absolute atomic E-state index is 0.0279. The first-order valence-corrected chi connectivity index (χ1v) is 10.8. The minimum Gasteiger partial charge on any atom is -0.383 e. The molecule has 0 aliphatic carbocycles. The summed E-state index contributed by atoms with van der Waals surface area (Å²) < 4.78 is 1.32. The number of aromatic nitrogens is 3. The fraction of sp³-hybridized carbons (Fsp3) is 0.200. The van der Waals surface area contributed by atoms with Crippen molar-refractivity contribution in [3.63, 3.8) is 0 Å². The Morgan fingerprint density at radius 3 is 2.55 bits per heavy atom. The molecular weight excluding hydrogens is 418 g/mol. The van der Waals surface area contributed by atoms with E-state index in [2.05, 4.69) is 9.97 Å². The molecule has 0 atom stereocenters. The van der Waals surface area contributed by atoms with Crippen molar-refractivity contribution < 1.29 is 4.79 Å². The molecule has 0 unspecified atom stereocenters. The monoisotopic (exact) mass is 443 g/mol. The number of carbonyl (C=O) groups is 1. The molecule has 3 N–H and O–H groups in total. The summed E-state index contributed by atoms with van der Waals surface area (Å²) in [7, 11) is 0. The summed E-state index contributed by atoms with van der Waals surface area (Å²) >= 11 is 0. The van der Waals surface area contributed by atoms with Crippen LogP contribution in [0.4, 0.5) is 11.5 Å². The molecule has 33 heavy (non-hydrogen) atoms. The van der Waals surface area contributed by atoms with Gasteiger partial charge in [0, 0.05) is 18.1 Å². The molecule has 0 spiro atoms. The maximum atomic E-state index is 13.9. The van der Waals surface area contributed by atoms with Crippen molar-refractivity contribution in [2.45, 2.75) is 32.9 Å². The molecule has 0 fully saturated rings. The number of carbonyl (C=O) groups excluding carboxylic acids is 1. The minimum atomic E-state index is -0.701. The molecule has 4 aromatic rings. The summed E-state index contributed by atoms with van der Waals surface area (Å²) in [6.07, 6.45) is 3.11. The molecule has 4 rings (SSSR count). The van der Waals surface area contributed by atoms with Crippen LogP contribution in [0.15, 0.2) is 76.4 Å². The van der Waals surface area contributed by atoms with Gasteiger partial charge in [0.1, 0.15) is 5.82 Å². The Morgan fingerprint density at radius 2 is 1.79 bits per heavy atom. The molecule has 2 aromatic carbocycles. The maximum absolute atomic E-state index is 13.9. The first-order chi connectivity index (χ1) is 16.0. The Hall–Kier alpha value is -4.20. The number of hydrogen-bond acceptors (Lipinski definition) is 5. The number of nitrogens with one attached hydrogen (secondary N) is 1. The molecule has 8 heteroatoms. The SMILES string of the molecule is CCCCn1c(N)c(N(Cc2ccccc2)C(=O)c2ccnc3ccccc23)c(=O)[nH]c1=O. The van der Waals surface area contributed by atoms with E-state index in [4.69, 9.17) is 5.73 Å². The second-order valence-electron chi connectivity index (χ2n) is 7.75. The van der Waals surface area contributed by atoms with Crippen LogP contribution in [0.25, 0.3) is 10.9 Å². The lowest BCUT2D eigenvalue weighted by atomic mass is 10.1. The van der Waals surface area contributed by atoms with Crippen molar-refractivity contribution in [3.8, 4) is 0 Å². The van der Waals surface area contributed by atoms with E-state index >= 15 is 0 Å². The van der Waals surface area contributed by atoms with Gasteiger partial charge in [0.25, 0.3) is 11.5 Å². The van der Waals surface area contributed by atoms with Gasteiger partial charge in [-0.05, 0) is 24.1 Å². The number of aromatic amines is 1. The first kappa shape index (κ1) is 22.0. The van der Waals surface area contributed by atoms with Gasteiger partial charge in [0.15, 0.2) is 5.69 Å². The van der Waals surface area contributed by atoms with Gasteiger partial charge in [-0.1, -0.05) is 61.9 Å². The van der Waals surface area contributed by atoms with Gasteiger partial charge >= 0.3 is 5.69 Å². The molecular formula is C25H25N5O3. The molecule has 8 nitrogen and oxygen atoms in total. The number of H-pyrrole nitrogens is 1. The molecule has 0 aliphatic heterocycles. The molecule has 0 aliphatic rings. The fourth-order valence-corrected chi connectivity index (χ4v) is 3.82. The lowest BCUT2D eigenvalue weighted by Crippen LogP contribution is -2.41. The highest BCUT2D eigenvalue weighted by atomic mass is 16.2. The zero-order valence-electron chi connectivity index (χ0n) is 18.3. The van der Waals surface area contributed by atoms with Gasteiger partial charge in [-0.2, -0.15) is 0 Å². The highest BCUT2D eigenvalue weighted by Gasteiger charge is 2.26. The van der Waals surface area contributed by atoms with Crippen LogP contribution in [0, 0.1) is 0 Å². The highest BCUT2D eigenvalue weighted by molar-refractivity contribution is 6.14. The van der Waals surface area contributed by atoms with Gasteiger partial charge in [-0.3, -0.25) is 29.0 Å². The zero-order chi connectivity index (χ0) is 23.4. The summed E-state index contributed by atoms with van der Waals surface area (Å²) in [5, 5.41) is 0.664. The molecule has 0 saturated carbocycles. The number of anilines is 2. The molecule has 0 bridgehead atoms. The maximum Gasteiger partial charge on any atom is 0.330 e. The van der Waals surface area contributed by atoms with Crippen molar-refractivity contribution in [1.29, 1.82) is 0 Å². The van der Waals surface area contributed by atoms with E-state index in [1.54, 1.807) is 12.3 Å². The van der Waals surface area contributed by atoms with E-state index in [0.29, 0.717) is 29.4 Å².